The van der Waals surface area contributed by atoms with Gasteiger partial charge in [0.05, 0.1) is 5.56 Å². The summed E-state index contributed by atoms with van der Waals surface area (Å²) in [7, 11) is 0. The summed E-state index contributed by atoms with van der Waals surface area (Å²) in [4.78, 5) is 27.7. The maximum absolute atomic E-state index is 12.2. The molecule has 0 radical (unpaired) electrons. The van der Waals surface area contributed by atoms with Crippen LogP contribution in [0.4, 0.5) is 4.79 Å². The number of benzene rings is 2. The lowest BCUT2D eigenvalue weighted by molar-refractivity contribution is 0.0953. The normalized spacial score (nSPS) is 11.5. The largest absolute Gasteiger partial charge is 0.449 e. The molecule has 0 aliphatic heterocycles. The monoisotopic (exact) mass is 426 g/mol. The smallest absolute Gasteiger partial charge is 0.407 e. The first-order chi connectivity index (χ1) is 15.7. The van der Waals surface area contributed by atoms with Crippen LogP contribution < -0.4 is 16.6 Å². The van der Waals surface area contributed by atoms with E-state index in [9.17, 15) is 9.59 Å². The molecular formula is C25H22N4O3. The fraction of sp³-hybridized carbons (Fsp3) is 0.160. The highest BCUT2D eigenvalue weighted by molar-refractivity contribution is 5.93. The first kappa shape index (κ1) is 21.1. The molecule has 1 heterocycles. The van der Waals surface area contributed by atoms with Gasteiger partial charge in [0.1, 0.15) is 6.61 Å². The third kappa shape index (κ3) is 4.61. The number of ether oxygens (including phenoxy) is 1. The third-order valence-electron chi connectivity index (χ3n) is 5.23. The van der Waals surface area contributed by atoms with Gasteiger partial charge in [-0.2, -0.15) is 0 Å². The van der Waals surface area contributed by atoms with E-state index >= 15 is 0 Å². The second-order valence-electron chi connectivity index (χ2n) is 7.24. The number of nitrogen functional groups attached to an aromatic ring is 1. The average molecular weight is 426 g/mol. The third-order valence-corrected chi connectivity index (χ3v) is 5.23. The van der Waals surface area contributed by atoms with Crippen LogP contribution in [-0.2, 0) is 4.74 Å². The minimum Gasteiger partial charge on any atom is -0.449 e. The maximum atomic E-state index is 12.2. The minimum absolute atomic E-state index is 0.0263. The topological polar surface area (TPSA) is 106 Å². The van der Waals surface area contributed by atoms with E-state index in [2.05, 4.69) is 51.8 Å². The van der Waals surface area contributed by atoms with Crippen LogP contribution in [-0.4, -0.2) is 30.1 Å². The van der Waals surface area contributed by atoms with Crippen LogP contribution in [0, 0.1) is 11.8 Å². The van der Waals surface area contributed by atoms with Gasteiger partial charge in [-0.05, 0) is 28.3 Å². The molecule has 160 valence electrons. The Hall–Kier alpha value is -4.15. The molecule has 4 N–H and O–H groups in total. The summed E-state index contributed by atoms with van der Waals surface area (Å²) >= 11 is 0. The zero-order valence-electron chi connectivity index (χ0n) is 17.3. The van der Waals surface area contributed by atoms with Crippen molar-refractivity contribution in [3.8, 4) is 23.0 Å². The van der Waals surface area contributed by atoms with Crippen molar-refractivity contribution >= 4 is 12.0 Å². The van der Waals surface area contributed by atoms with E-state index in [4.69, 9.17) is 10.6 Å². The van der Waals surface area contributed by atoms with Crippen molar-refractivity contribution in [3.63, 3.8) is 0 Å². The lowest BCUT2D eigenvalue weighted by atomic mass is 9.98. The molecule has 0 atom stereocenters. The van der Waals surface area contributed by atoms with E-state index in [1.807, 2.05) is 24.3 Å². The van der Waals surface area contributed by atoms with Crippen LogP contribution in [0.2, 0.25) is 0 Å². The van der Waals surface area contributed by atoms with E-state index in [-0.39, 0.29) is 12.5 Å². The highest BCUT2D eigenvalue weighted by atomic mass is 16.5. The highest BCUT2D eigenvalue weighted by Gasteiger charge is 2.28. The van der Waals surface area contributed by atoms with E-state index in [0.717, 1.165) is 0 Å². The van der Waals surface area contributed by atoms with Gasteiger partial charge in [-0.1, -0.05) is 60.4 Å². The number of nitrogens with zero attached hydrogens (tertiary/aromatic N) is 1. The van der Waals surface area contributed by atoms with Gasteiger partial charge in [0.2, 0.25) is 0 Å². The Morgan fingerprint density at radius 2 is 1.72 bits per heavy atom. The lowest BCUT2D eigenvalue weighted by Gasteiger charge is -2.14. The van der Waals surface area contributed by atoms with Gasteiger partial charge in [0.15, 0.2) is 0 Å². The van der Waals surface area contributed by atoms with Crippen molar-refractivity contribution in [2.45, 2.75) is 12.3 Å². The van der Waals surface area contributed by atoms with E-state index in [0.29, 0.717) is 24.1 Å². The zero-order chi connectivity index (χ0) is 22.3. The van der Waals surface area contributed by atoms with Crippen molar-refractivity contribution in [3.05, 3.63) is 89.2 Å². The number of aromatic nitrogens is 1. The number of hydrogen-bond donors (Lipinski definition) is 3. The molecular weight excluding hydrogens is 404 g/mol. The maximum Gasteiger partial charge on any atom is 0.407 e. The molecule has 2 amide bonds. The van der Waals surface area contributed by atoms with Crippen LogP contribution in [0.25, 0.3) is 11.1 Å². The number of hydrogen-bond acceptors (Lipinski definition) is 5. The Morgan fingerprint density at radius 1 is 1.03 bits per heavy atom. The number of nitrogens with two attached hydrogens (primary N) is 1. The molecule has 7 nitrogen and oxygen atoms in total. The second kappa shape index (κ2) is 9.77. The summed E-state index contributed by atoms with van der Waals surface area (Å²) in [5.74, 6) is 10.6. The average Bonchev–Trinajstić information content (AvgIpc) is 3.16. The molecule has 7 heteroatoms. The van der Waals surface area contributed by atoms with E-state index in [1.165, 1.54) is 28.5 Å². The number of rotatable bonds is 5. The number of carbonyl (C=O) groups is 2. The summed E-state index contributed by atoms with van der Waals surface area (Å²) in [5.41, 5.74) is 7.70. The Bertz CT molecular complexity index is 1170. The molecule has 1 aliphatic rings. The summed E-state index contributed by atoms with van der Waals surface area (Å²) in [6, 6.07) is 18.0. The molecule has 0 fully saturated rings. The molecule has 0 saturated heterocycles. The Balaban J connectivity index is 1.27. The number of hydrazine groups is 1. The summed E-state index contributed by atoms with van der Waals surface area (Å²) < 4.78 is 5.49. The Morgan fingerprint density at radius 3 is 2.41 bits per heavy atom. The van der Waals surface area contributed by atoms with Gasteiger partial charge in [-0.15, -0.1) is 0 Å². The predicted octanol–water partition coefficient (Wildman–Crippen LogP) is 2.97. The fourth-order valence-corrected chi connectivity index (χ4v) is 3.76. The fourth-order valence-electron chi connectivity index (χ4n) is 3.76. The molecule has 1 aliphatic carbocycles. The Kier molecular flexibility index (Phi) is 6.44. The van der Waals surface area contributed by atoms with Crippen LogP contribution in [0.1, 0.15) is 39.4 Å². The van der Waals surface area contributed by atoms with E-state index in [1.54, 1.807) is 12.3 Å². The van der Waals surface area contributed by atoms with Gasteiger partial charge >= 0.3 is 6.09 Å². The molecule has 0 unspecified atom stereocenters. The molecule has 1 aromatic heterocycles. The van der Waals surface area contributed by atoms with Gasteiger partial charge in [0.25, 0.3) is 5.91 Å². The quantitative estimate of drug-likeness (QED) is 0.191. The summed E-state index contributed by atoms with van der Waals surface area (Å²) in [5, 5.41) is 2.72. The first-order valence-electron chi connectivity index (χ1n) is 10.2. The lowest BCUT2D eigenvalue weighted by Crippen LogP contribution is -2.30. The number of fused-ring (bicyclic) bond motifs is 3. The van der Waals surface area contributed by atoms with Crippen molar-refractivity contribution in [2.75, 3.05) is 13.2 Å². The van der Waals surface area contributed by atoms with Gasteiger partial charge in [-0.3, -0.25) is 15.2 Å². The van der Waals surface area contributed by atoms with Gasteiger partial charge in [-0.25, -0.2) is 10.6 Å². The highest BCUT2D eigenvalue weighted by Crippen LogP contribution is 2.44. The van der Waals surface area contributed by atoms with Crippen molar-refractivity contribution < 1.29 is 14.3 Å². The zero-order valence-corrected chi connectivity index (χ0v) is 17.3. The van der Waals surface area contributed by atoms with Crippen LogP contribution in [0.5, 0.6) is 0 Å². The SMILES string of the molecule is NNC(=O)c1cncc(C#CCCNC(=O)OCC2c3ccccc3-c3ccccc32)c1. The number of nitrogens with one attached hydrogen (secondary N) is 2. The van der Waals surface area contributed by atoms with Crippen LogP contribution in [0.3, 0.4) is 0 Å². The molecule has 0 spiro atoms. The van der Waals surface area contributed by atoms with Crippen molar-refractivity contribution in [1.29, 1.82) is 0 Å². The molecule has 0 bridgehead atoms. The van der Waals surface area contributed by atoms with E-state index < -0.39 is 12.0 Å². The van der Waals surface area contributed by atoms with Gasteiger partial charge < -0.3 is 10.1 Å². The molecule has 0 saturated carbocycles. The van der Waals surface area contributed by atoms with Crippen molar-refractivity contribution in [2.24, 2.45) is 5.84 Å². The molecule has 2 aromatic carbocycles. The van der Waals surface area contributed by atoms with Crippen LogP contribution in [0.15, 0.2) is 67.0 Å². The molecule has 4 rings (SSSR count). The molecule has 32 heavy (non-hydrogen) atoms. The number of carbonyl (C=O) groups excluding carboxylic acids is 2. The standard InChI is InChI=1S/C25H22N4O3/c26-29-24(30)18-13-17(14-27-15-18)7-5-6-12-28-25(31)32-16-23-21-10-3-1-8-19(21)20-9-2-4-11-22(20)23/h1-4,8-11,13-15,23H,6,12,16,26H2,(H,28,31)(H,29,30). The minimum atomic E-state index is -0.475. The summed E-state index contributed by atoms with van der Waals surface area (Å²) in [6.45, 7) is 0.618. The van der Waals surface area contributed by atoms with Gasteiger partial charge in [0, 0.05) is 36.8 Å². The van der Waals surface area contributed by atoms with Crippen LogP contribution >= 0.6 is 0 Å². The summed E-state index contributed by atoms with van der Waals surface area (Å²) in [6.07, 6.45) is 2.92. The number of amides is 2. The predicted molar refractivity (Wildman–Crippen MR) is 120 cm³/mol. The number of pyridine rings is 1. The molecule has 3 aromatic rings. The van der Waals surface area contributed by atoms with Crippen molar-refractivity contribution in [1.82, 2.24) is 15.7 Å². The first-order valence-corrected chi connectivity index (χ1v) is 10.2. The second-order valence-corrected chi connectivity index (χ2v) is 7.24. The number of alkyl carbamates (subject to hydrolysis) is 1. The Labute approximate surface area is 186 Å².